The Bertz CT molecular complexity index is 1050. The maximum Gasteiger partial charge on any atom is 0.260 e. The molecule has 6 heteroatoms. The summed E-state index contributed by atoms with van der Waals surface area (Å²) in [6.45, 7) is 9.83. The van der Waals surface area contributed by atoms with Crippen LogP contribution in [0.2, 0.25) is 0 Å². The third-order valence-electron chi connectivity index (χ3n) is 5.41. The largest absolute Gasteiger partial charge is 0.376 e. The zero-order valence-electron chi connectivity index (χ0n) is 18.0. The smallest absolute Gasteiger partial charge is 0.260 e. The molecule has 1 aliphatic rings. The first-order valence-electron chi connectivity index (χ1n) is 10.5. The minimum atomic E-state index is -0.00913. The fraction of sp³-hybridized carbons (Fsp3) is 0.417. The van der Waals surface area contributed by atoms with Crippen LogP contribution in [0, 0.1) is 13.8 Å². The van der Waals surface area contributed by atoms with Crippen LogP contribution in [0.4, 0.5) is 5.13 Å². The van der Waals surface area contributed by atoms with E-state index in [0.29, 0.717) is 17.4 Å². The first kappa shape index (κ1) is 21.3. The maximum atomic E-state index is 13.6. The summed E-state index contributed by atoms with van der Waals surface area (Å²) in [5.74, 6) is -0.00913. The molecule has 1 atom stereocenters. The lowest BCUT2D eigenvalue weighted by molar-refractivity contribution is 0.0917. The van der Waals surface area contributed by atoms with Crippen LogP contribution in [0.1, 0.15) is 48.2 Å². The van der Waals surface area contributed by atoms with Crippen LogP contribution in [0.3, 0.4) is 0 Å². The topological polar surface area (TPSA) is 42.4 Å². The number of aryl methyl sites for hydroxylation is 2. The van der Waals surface area contributed by atoms with E-state index < -0.39 is 0 Å². The lowest BCUT2D eigenvalue weighted by atomic mass is 10.1. The van der Waals surface area contributed by atoms with Gasteiger partial charge in [0.15, 0.2) is 5.13 Å². The number of hydrogen-bond donors (Lipinski definition) is 0. The summed E-state index contributed by atoms with van der Waals surface area (Å²) in [4.78, 5) is 21.5. The summed E-state index contributed by atoms with van der Waals surface area (Å²) in [5, 5.41) is 1.22. The van der Waals surface area contributed by atoms with Gasteiger partial charge in [-0.05, 0) is 62.1 Å². The molecule has 1 aromatic heterocycles. The highest BCUT2D eigenvalue weighted by molar-refractivity contribution is 7.99. The fourth-order valence-electron chi connectivity index (χ4n) is 3.70. The molecule has 0 spiro atoms. The molecular weight excluding hydrogens is 412 g/mol. The number of nitrogens with zero attached hydrogens (tertiary/aromatic N) is 2. The van der Waals surface area contributed by atoms with Crippen LogP contribution in [0.5, 0.6) is 0 Å². The van der Waals surface area contributed by atoms with E-state index in [4.69, 9.17) is 9.72 Å². The van der Waals surface area contributed by atoms with Crippen LogP contribution < -0.4 is 4.90 Å². The van der Waals surface area contributed by atoms with Gasteiger partial charge in [0.25, 0.3) is 5.91 Å². The van der Waals surface area contributed by atoms with Gasteiger partial charge in [-0.25, -0.2) is 4.98 Å². The van der Waals surface area contributed by atoms with Gasteiger partial charge >= 0.3 is 0 Å². The molecule has 1 unspecified atom stereocenters. The number of rotatable bonds is 6. The van der Waals surface area contributed by atoms with Gasteiger partial charge in [-0.3, -0.25) is 9.69 Å². The van der Waals surface area contributed by atoms with E-state index in [1.165, 1.54) is 11.1 Å². The average Bonchev–Trinajstić information content (AvgIpc) is 3.38. The van der Waals surface area contributed by atoms with Crippen molar-refractivity contribution in [3.63, 3.8) is 0 Å². The quantitative estimate of drug-likeness (QED) is 0.426. The van der Waals surface area contributed by atoms with Crippen molar-refractivity contribution in [2.45, 2.75) is 56.8 Å². The van der Waals surface area contributed by atoms with E-state index in [-0.39, 0.29) is 12.0 Å². The molecule has 3 aromatic rings. The highest BCUT2D eigenvalue weighted by atomic mass is 32.2. The van der Waals surface area contributed by atoms with Crippen molar-refractivity contribution in [2.75, 3.05) is 18.1 Å². The average molecular weight is 441 g/mol. The van der Waals surface area contributed by atoms with Crippen LogP contribution in [0.25, 0.3) is 10.2 Å². The normalized spacial score (nSPS) is 16.5. The van der Waals surface area contributed by atoms with Gasteiger partial charge in [0, 0.05) is 22.3 Å². The molecule has 4 rings (SSSR count). The van der Waals surface area contributed by atoms with Gasteiger partial charge < -0.3 is 4.74 Å². The molecule has 4 nitrogen and oxygen atoms in total. The Morgan fingerprint density at radius 1 is 1.30 bits per heavy atom. The molecule has 158 valence electrons. The second kappa shape index (κ2) is 9.08. The molecule has 30 heavy (non-hydrogen) atoms. The number of ether oxygens (including phenoxy) is 1. The van der Waals surface area contributed by atoms with Crippen LogP contribution >= 0.6 is 23.1 Å². The molecule has 0 aliphatic carbocycles. The number of amides is 1. The van der Waals surface area contributed by atoms with Crippen LogP contribution in [-0.2, 0) is 4.74 Å². The second-order valence-electron chi connectivity index (χ2n) is 8.10. The van der Waals surface area contributed by atoms with E-state index in [9.17, 15) is 4.79 Å². The van der Waals surface area contributed by atoms with Gasteiger partial charge in [0.1, 0.15) is 0 Å². The van der Waals surface area contributed by atoms with Crippen molar-refractivity contribution in [3.05, 3.63) is 53.1 Å². The van der Waals surface area contributed by atoms with Gasteiger partial charge in [0.2, 0.25) is 0 Å². The van der Waals surface area contributed by atoms with Gasteiger partial charge in [0.05, 0.1) is 22.9 Å². The van der Waals surface area contributed by atoms with E-state index in [1.807, 2.05) is 23.1 Å². The number of carbonyl (C=O) groups excluding carboxylic acids is 1. The molecule has 1 fully saturated rings. The molecule has 1 amide bonds. The maximum absolute atomic E-state index is 13.6. The zero-order valence-corrected chi connectivity index (χ0v) is 19.6. The lowest BCUT2D eigenvalue weighted by Crippen LogP contribution is -2.37. The Labute approximate surface area is 186 Å². The van der Waals surface area contributed by atoms with E-state index in [2.05, 4.69) is 45.9 Å². The van der Waals surface area contributed by atoms with Crippen molar-refractivity contribution >= 4 is 44.4 Å². The third-order valence-corrected chi connectivity index (χ3v) is 7.45. The molecular formula is C24H28N2O2S2. The number of hydrogen-bond acceptors (Lipinski definition) is 5. The molecule has 0 saturated carbocycles. The number of benzene rings is 2. The zero-order chi connectivity index (χ0) is 21.3. The summed E-state index contributed by atoms with van der Waals surface area (Å²) in [6, 6.07) is 12.2. The minimum absolute atomic E-state index is 0.00913. The first-order chi connectivity index (χ1) is 14.4. The number of anilines is 1. The first-order valence-corrected chi connectivity index (χ1v) is 12.2. The predicted octanol–water partition coefficient (Wildman–Crippen LogP) is 6.24. The predicted molar refractivity (Wildman–Crippen MR) is 127 cm³/mol. The molecule has 2 heterocycles. The molecule has 1 aliphatic heterocycles. The molecule has 0 radical (unpaired) electrons. The third kappa shape index (κ3) is 4.56. The van der Waals surface area contributed by atoms with Crippen LogP contribution in [0.15, 0.2) is 41.3 Å². The molecule has 0 bridgehead atoms. The Kier molecular flexibility index (Phi) is 6.46. The van der Waals surface area contributed by atoms with E-state index in [0.717, 1.165) is 39.7 Å². The monoisotopic (exact) mass is 440 g/mol. The van der Waals surface area contributed by atoms with E-state index >= 15 is 0 Å². The van der Waals surface area contributed by atoms with Gasteiger partial charge in [-0.15, -0.1) is 11.8 Å². The van der Waals surface area contributed by atoms with E-state index in [1.54, 1.807) is 23.1 Å². The number of carbonyl (C=O) groups is 1. The van der Waals surface area contributed by atoms with Crippen molar-refractivity contribution in [2.24, 2.45) is 0 Å². The summed E-state index contributed by atoms with van der Waals surface area (Å²) in [6.07, 6.45) is 2.10. The minimum Gasteiger partial charge on any atom is -0.376 e. The highest BCUT2D eigenvalue weighted by Gasteiger charge is 2.27. The fourth-order valence-corrected chi connectivity index (χ4v) is 5.63. The SMILES string of the molecule is Cc1ccc2sc(N(CC3CCCO3)C(=O)c3cccc(SC(C)C)c3)nc2c1C. The summed E-state index contributed by atoms with van der Waals surface area (Å²) in [5.41, 5.74) is 4.08. The standard InChI is InChI=1S/C24H28N2O2S2/c1-15(2)29-20-9-5-7-18(13-20)23(27)26(14-19-8-6-12-28-19)24-25-22-17(4)16(3)10-11-21(22)30-24/h5,7,9-11,13,15,19H,6,8,12,14H2,1-4H3. The molecule has 1 saturated heterocycles. The number of fused-ring (bicyclic) bond motifs is 1. The van der Waals surface area contributed by atoms with Crippen molar-refractivity contribution in [1.29, 1.82) is 0 Å². The van der Waals surface area contributed by atoms with Crippen molar-refractivity contribution in [1.82, 2.24) is 4.98 Å². The lowest BCUT2D eigenvalue weighted by Gasteiger charge is -2.23. The van der Waals surface area contributed by atoms with Crippen molar-refractivity contribution in [3.8, 4) is 0 Å². The summed E-state index contributed by atoms with van der Waals surface area (Å²) >= 11 is 3.35. The van der Waals surface area contributed by atoms with Gasteiger partial charge in [-0.2, -0.15) is 0 Å². The molecule has 0 N–H and O–H groups in total. The number of thioether (sulfide) groups is 1. The van der Waals surface area contributed by atoms with Gasteiger partial charge in [-0.1, -0.05) is 37.3 Å². The summed E-state index contributed by atoms with van der Waals surface area (Å²) < 4.78 is 6.98. The number of thiazole rings is 1. The molecule has 2 aromatic carbocycles. The highest BCUT2D eigenvalue weighted by Crippen LogP contribution is 2.34. The summed E-state index contributed by atoms with van der Waals surface area (Å²) in [7, 11) is 0. The van der Waals surface area contributed by atoms with Crippen molar-refractivity contribution < 1.29 is 9.53 Å². The second-order valence-corrected chi connectivity index (χ2v) is 10.8. The Morgan fingerprint density at radius 3 is 2.87 bits per heavy atom. The Hall–Kier alpha value is -1.89. The van der Waals surface area contributed by atoms with Crippen LogP contribution in [-0.4, -0.2) is 35.4 Å². The Morgan fingerprint density at radius 2 is 2.13 bits per heavy atom. The number of aromatic nitrogens is 1. The Balaban J connectivity index is 1.71.